The number of aromatic nitrogens is 1. The lowest BCUT2D eigenvalue weighted by Gasteiger charge is -2.39. The summed E-state index contributed by atoms with van der Waals surface area (Å²) in [4.78, 5) is 21.3. The van der Waals surface area contributed by atoms with Gasteiger partial charge in [-0.15, -0.1) is 11.3 Å². The first-order chi connectivity index (χ1) is 9.98. The number of aryl methyl sites for hydroxylation is 1. The molecule has 1 aromatic rings. The summed E-state index contributed by atoms with van der Waals surface area (Å²) in [6, 6.07) is 0. The number of nitrogens with zero attached hydrogens (tertiary/aromatic N) is 3. The van der Waals surface area contributed by atoms with Gasteiger partial charge in [0.2, 0.25) is 5.91 Å². The largest absolute Gasteiger partial charge is 0.339 e. The van der Waals surface area contributed by atoms with E-state index in [1.807, 2.05) is 25.7 Å². The summed E-state index contributed by atoms with van der Waals surface area (Å²) in [6.45, 7) is 10.2. The van der Waals surface area contributed by atoms with E-state index in [4.69, 9.17) is 5.73 Å². The average molecular weight is 310 g/mol. The lowest BCUT2D eigenvalue weighted by atomic mass is 9.92. The minimum absolute atomic E-state index is 0.108. The first kappa shape index (κ1) is 16.4. The van der Waals surface area contributed by atoms with E-state index in [-0.39, 0.29) is 5.91 Å². The van der Waals surface area contributed by atoms with Crippen LogP contribution in [0.2, 0.25) is 0 Å². The van der Waals surface area contributed by atoms with Crippen LogP contribution in [0.3, 0.4) is 0 Å². The highest BCUT2D eigenvalue weighted by Crippen LogP contribution is 2.18. The lowest BCUT2D eigenvalue weighted by molar-refractivity contribution is -0.139. The van der Waals surface area contributed by atoms with Crippen LogP contribution >= 0.6 is 11.3 Å². The van der Waals surface area contributed by atoms with Crippen molar-refractivity contribution in [3.8, 4) is 0 Å². The minimum Gasteiger partial charge on any atom is -0.339 e. The molecule has 1 amide bonds. The van der Waals surface area contributed by atoms with Gasteiger partial charge in [-0.25, -0.2) is 4.98 Å². The van der Waals surface area contributed by atoms with Crippen LogP contribution in [0.5, 0.6) is 0 Å². The second-order valence-corrected chi connectivity index (χ2v) is 6.85. The van der Waals surface area contributed by atoms with Crippen LogP contribution in [0.1, 0.15) is 37.4 Å². The van der Waals surface area contributed by atoms with Crippen molar-refractivity contribution in [3.05, 3.63) is 16.1 Å². The van der Waals surface area contributed by atoms with E-state index in [0.29, 0.717) is 12.8 Å². The molecule has 2 heterocycles. The van der Waals surface area contributed by atoms with Gasteiger partial charge in [0, 0.05) is 38.1 Å². The number of carbonyl (C=O) groups excluding carboxylic acids is 1. The number of hydrogen-bond donors (Lipinski definition) is 1. The Balaban J connectivity index is 1.87. The van der Waals surface area contributed by atoms with Gasteiger partial charge >= 0.3 is 0 Å². The van der Waals surface area contributed by atoms with Gasteiger partial charge in [-0.1, -0.05) is 13.8 Å². The molecule has 1 fully saturated rings. The quantitative estimate of drug-likeness (QED) is 0.897. The zero-order chi connectivity index (χ0) is 15.5. The van der Waals surface area contributed by atoms with Crippen LogP contribution in [0.25, 0.3) is 0 Å². The SMILES string of the molecule is CCC(N)(CC)C(=O)N1CCN(Cc2csc(C)n2)CC1. The molecule has 6 heteroatoms. The second kappa shape index (κ2) is 6.85. The highest BCUT2D eigenvalue weighted by molar-refractivity contribution is 7.09. The van der Waals surface area contributed by atoms with Gasteiger partial charge in [0.15, 0.2) is 0 Å². The van der Waals surface area contributed by atoms with Crippen molar-refractivity contribution in [2.75, 3.05) is 26.2 Å². The van der Waals surface area contributed by atoms with E-state index >= 15 is 0 Å². The molecule has 0 bridgehead atoms. The molecule has 0 aromatic carbocycles. The van der Waals surface area contributed by atoms with E-state index in [1.165, 1.54) is 0 Å². The zero-order valence-electron chi connectivity index (χ0n) is 13.3. The van der Waals surface area contributed by atoms with Crippen LogP contribution in [0.15, 0.2) is 5.38 Å². The number of amides is 1. The summed E-state index contributed by atoms with van der Waals surface area (Å²) in [7, 11) is 0. The molecule has 0 aliphatic carbocycles. The lowest BCUT2D eigenvalue weighted by Crippen LogP contribution is -2.59. The number of nitrogens with two attached hydrogens (primary N) is 1. The summed E-state index contributed by atoms with van der Waals surface area (Å²) >= 11 is 1.69. The Hall–Kier alpha value is -0.980. The number of carbonyl (C=O) groups is 1. The first-order valence-corrected chi connectivity index (χ1v) is 8.58. The fourth-order valence-electron chi connectivity index (χ4n) is 2.69. The second-order valence-electron chi connectivity index (χ2n) is 5.79. The van der Waals surface area contributed by atoms with Crippen LogP contribution in [0, 0.1) is 6.92 Å². The van der Waals surface area contributed by atoms with Crippen LogP contribution < -0.4 is 5.73 Å². The summed E-state index contributed by atoms with van der Waals surface area (Å²) in [5.74, 6) is 0.108. The zero-order valence-corrected chi connectivity index (χ0v) is 14.1. The first-order valence-electron chi connectivity index (χ1n) is 7.70. The van der Waals surface area contributed by atoms with E-state index in [0.717, 1.165) is 43.4 Å². The Labute approximate surface area is 131 Å². The van der Waals surface area contributed by atoms with Gasteiger partial charge in [-0.2, -0.15) is 0 Å². The van der Waals surface area contributed by atoms with Gasteiger partial charge < -0.3 is 10.6 Å². The number of hydrogen-bond acceptors (Lipinski definition) is 5. The summed E-state index contributed by atoms with van der Waals surface area (Å²) in [6.07, 6.45) is 1.39. The molecule has 1 saturated heterocycles. The fourth-order valence-corrected chi connectivity index (χ4v) is 3.29. The molecule has 21 heavy (non-hydrogen) atoms. The van der Waals surface area contributed by atoms with Crippen LogP contribution in [-0.2, 0) is 11.3 Å². The van der Waals surface area contributed by atoms with E-state index in [1.54, 1.807) is 11.3 Å². The maximum atomic E-state index is 12.5. The normalized spacial score (nSPS) is 17.2. The maximum absolute atomic E-state index is 12.5. The molecule has 0 saturated carbocycles. The third-order valence-corrected chi connectivity index (χ3v) is 5.22. The summed E-state index contributed by atoms with van der Waals surface area (Å²) in [5, 5.41) is 3.23. The molecule has 0 spiro atoms. The highest BCUT2D eigenvalue weighted by Gasteiger charge is 2.35. The number of thiazole rings is 1. The summed E-state index contributed by atoms with van der Waals surface area (Å²) < 4.78 is 0. The topological polar surface area (TPSA) is 62.5 Å². The van der Waals surface area contributed by atoms with Gasteiger partial charge in [-0.3, -0.25) is 9.69 Å². The van der Waals surface area contributed by atoms with Crippen molar-refractivity contribution in [1.29, 1.82) is 0 Å². The molecule has 118 valence electrons. The molecule has 1 aliphatic rings. The summed E-state index contributed by atoms with van der Waals surface area (Å²) in [5.41, 5.74) is 6.66. The molecule has 0 atom stereocenters. The van der Waals surface area contributed by atoms with Crippen molar-refractivity contribution < 1.29 is 4.79 Å². The van der Waals surface area contributed by atoms with Gasteiger partial charge in [0.05, 0.1) is 16.2 Å². The highest BCUT2D eigenvalue weighted by atomic mass is 32.1. The molecule has 1 aliphatic heterocycles. The average Bonchev–Trinajstić information content (AvgIpc) is 2.91. The molecule has 0 unspecified atom stereocenters. The number of rotatable bonds is 5. The number of piperazine rings is 1. The molecular formula is C15H26N4OS. The van der Waals surface area contributed by atoms with Crippen molar-refractivity contribution in [2.45, 2.75) is 45.7 Å². The maximum Gasteiger partial charge on any atom is 0.242 e. The Kier molecular flexibility index (Phi) is 5.35. The van der Waals surface area contributed by atoms with Gasteiger partial charge in [0.25, 0.3) is 0 Å². The monoisotopic (exact) mass is 310 g/mol. The molecule has 2 N–H and O–H groups in total. The van der Waals surface area contributed by atoms with Crippen molar-refractivity contribution in [1.82, 2.24) is 14.8 Å². The van der Waals surface area contributed by atoms with Crippen molar-refractivity contribution in [2.24, 2.45) is 5.73 Å². The van der Waals surface area contributed by atoms with Crippen molar-refractivity contribution in [3.63, 3.8) is 0 Å². The van der Waals surface area contributed by atoms with Gasteiger partial charge in [-0.05, 0) is 19.8 Å². The Morgan fingerprint density at radius 1 is 1.33 bits per heavy atom. The standard InChI is InChI=1S/C15H26N4OS/c1-4-15(16,5-2)14(20)19-8-6-18(7-9-19)10-13-11-21-12(3)17-13/h11H,4-10,16H2,1-3H3. The van der Waals surface area contributed by atoms with Crippen LogP contribution in [0.4, 0.5) is 0 Å². The molecule has 5 nitrogen and oxygen atoms in total. The third-order valence-electron chi connectivity index (χ3n) is 4.40. The van der Waals surface area contributed by atoms with Gasteiger partial charge in [0.1, 0.15) is 0 Å². The third kappa shape index (κ3) is 3.81. The molecular weight excluding hydrogens is 284 g/mol. The van der Waals surface area contributed by atoms with E-state index in [2.05, 4.69) is 15.3 Å². The Morgan fingerprint density at radius 2 is 1.95 bits per heavy atom. The molecule has 0 radical (unpaired) electrons. The predicted octanol–water partition coefficient (Wildman–Crippen LogP) is 1.61. The minimum atomic E-state index is -0.686. The molecule has 2 rings (SSSR count). The smallest absolute Gasteiger partial charge is 0.242 e. The van der Waals surface area contributed by atoms with Crippen LogP contribution in [-0.4, -0.2) is 52.4 Å². The van der Waals surface area contributed by atoms with E-state index < -0.39 is 5.54 Å². The van der Waals surface area contributed by atoms with E-state index in [9.17, 15) is 4.79 Å². The Bertz CT molecular complexity index is 476. The van der Waals surface area contributed by atoms with Crippen molar-refractivity contribution >= 4 is 17.2 Å². The fraction of sp³-hybridized carbons (Fsp3) is 0.733. The Morgan fingerprint density at radius 3 is 2.43 bits per heavy atom. The predicted molar refractivity (Wildman–Crippen MR) is 86.2 cm³/mol. The molecule has 1 aromatic heterocycles.